The van der Waals surface area contributed by atoms with Crippen LogP contribution in [0.25, 0.3) is 0 Å². The molecule has 0 radical (unpaired) electrons. The molecule has 0 saturated carbocycles. The average molecular weight is 645 g/mol. The van der Waals surface area contributed by atoms with Gasteiger partial charge in [-0.25, -0.2) is 10.9 Å². The molecule has 47 heavy (non-hydrogen) atoms. The number of ketones is 1. The van der Waals surface area contributed by atoms with Crippen molar-refractivity contribution >= 4 is 46.8 Å². The van der Waals surface area contributed by atoms with E-state index in [0.29, 0.717) is 32.1 Å². The maximum atomic E-state index is 11.9. The fourth-order valence-electron chi connectivity index (χ4n) is 4.62. The lowest BCUT2D eigenvalue weighted by molar-refractivity contribution is -0.140. The predicted octanol–water partition coefficient (Wildman–Crippen LogP) is 7.54. The van der Waals surface area contributed by atoms with E-state index in [0.717, 1.165) is 67.6 Å². The van der Waals surface area contributed by atoms with Gasteiger partial charge in [0.1, 0.15) is 5.78 Å². The molecule has 0 aliphatic carbocycles. The van der Waals surface area contributed by atoms with E-state index >= 15 is 0 Å². The van der Waals surface area contributed by atoms with E-state index in [2.05, 4.69) is 44.4 Å². The van der Waals surface area contributed by atoms with Gasteiger partial charge in [-0.1, -0.05) is 74.2 Å². The van der Waals surface area contributed by atoms with Gasteiger partial charge in [0.15, 0.2) is 0 Å². The summed E-state index contributed by atoms with van der Waals surface area (Å²) in [5.41, 5.74) is 8.22. The molecular formula is C37H48N4O6. The number of carbonyl (C=O) groups is 4. The molecule has 0 fully saturated rings. The molecule has 3 rings (SSSR count). The number of hydroxylamine groups is 1. The number of methoxy groups -OCH3 is 1. The molecule has 0 aromatic heterocycles. The molecule has 3 aromatic carbocycles. The molecule has 0 heterocycles. The van der Waals surface area contributed by atoms with Crippen LogP contribution in [0.4, 0.5) is 17.1 Å². The van der Waals surface area contributed by atoms with E-state index < -0.39 is 0 Å². The molecule has 0 aliphatic rings. The highest BCUT2D eigenvalue weighted by Crippen LogP contribution is 2.33. The van der Waals surface area contributed by atoms with Crippen LogP contribution >= 0.6 is 0 Å². The van der Waals surface area contributed by atoms with Gasteiger partial charge in [0, 0.05) is 42.7 Å². The standard InChI is InChI=1S/C27H30N4O3.C10H18O3/c32-26(15-9-1-2-10-16-27(33)30-34)29-28-21-22-17-19-25(20-18-22)31(23-11-5-3-6-12-23)24-13-7-4-8-14-24;1-9(11)7-5-3-4-6-8-10(12)13-2/h3-8,11-14,17-21,34H,1-2,9-10,15-16H2,(H,29,32)(H,30,33);3-8H2,1-2H3/b28-21-;. The Morgan fingerprint density at radius 3 is 1.62 bits per heavy atom. The van der Waals surface area contributed by atoms with E-state index in [1.165, 1.54) is 7.11 Å². The third-order valence-electron chi connectivity index (χ3n) is 7.15. The van der Waals surface area contributed by atoms with Crippen molar-refractivity contribution in [3.8, 4) is 0 Å². The Labute approximate surface area is 278 Å². The van der Waals surface area contributed by atoms with Crippen molar-refractivity contribution in [2.75, 3.05) is 12.0 Å². The Bertz CT molecular complexity index is 1330. The first-order chi connectivity index (χ1) is 22.8. The van der Waals surface area contributed by atoms with Gasteiger partial charge in [-0.05, 0) is 74.6 Å². The van der Waals surface area contributed by atoms with Crippen molar-refractivity contribution < 1.29 is 29.1 Å². The first kappa shape index (κ1) is 38.4. The molecule has 3 aromatic rings. The summed E-state index contributed by atoms with van der Waals surface area (Å²) in [4.78, 5) is 46.3. The van der Waals surface area contributed by atoms with Gasteiger partial charge in [0.25, 0.3) is 0 Å². The summed E-state index contributed by atoms with van der Waals surface area (Å²) in [5.74, 6) is -0.423. The number of Topliss-reactive ketones (excluding diaryl/α,β-unsaturated/α-hetero) is 1. The number of hydrazone groups is 1. The van der Waals surface area contributed by atoms with Crippen molar-refractivity contribution in [1.29, 1.82) is 0 Å². The minimum atomic E-state index is -0.382. The van der Waals surface area contributed by atoms with Crippen molar-refractivity contribution in [2.45, 2.75) is 84.0 Å². The topological polar surface area (TPSA) is 137 Å². The number of para-hydroxylation sites is 2. The lowest BCUT2D eigenvalue weighted by atomic mass is 10.1. The van der Waals surface area contributed by atoms with Crippen LogP contribution in [-0.2, 0) is 23.9 Å². The van der Waals surface area contributed by atoms with Crippen molar-refractivity contribution in [2.24, 2.45) is 5.10 Å². The molecule has 10 heteroatoms. The molecule has 0 spiro atoms. The number of amides is 2. The summed E-state index contributed by atoms with van der Waals surface area (Å²) in [6.45, 7) is 1.61. The van der Waals surface area contributed by atoms with Gasteiger partial charge in [0.05, 0.1) is 13.3 Å². The van der Waals surface area contributed by atoms with Gasteiger partial charge < -0.3 is 14.4 Å². The number of nitrogens with zero attached hydrogens (tertiary/aromatic N) is 2. The highest BCUT2D eigenvalue weighted by molar-refractivity contribution is 5.84. The maximum absolute atomic E-state index is 11.9. The quantitative estimate of drug-likeness (QED) is 0.0403. The van der Waals surface area contributed by atoms with Gasteiger partial charge in [-0.2, -0.15) is 5.10 Å². The van der Waals surface area contributed by atoms with Crippen LogP contribution in [0.3, 0.4) is 0 Å². The molecule has 0 unspecified atom stereocenters. The Morgan fingerprint density at radius 1 is 0.660 bits per heavy atom. The fraction of sp³-hybridized carbons (Fsp3) is 0.378. The largest absolute Gasteiger partial charge is 0.469 e. The summed E-state index contributed by atoms with van der Waals surface area (Å²) in [7, 11) is 1.40. The Balaban J connectivity index is 0.000000500. The van der Waals surface area contributed by atoms with Crippen LogP contribution in [0.2, 0.25) is 0 Å². The average Bonchev–Trinajstić information content (AvgIpc) is 3.09. The van der Waals surface area contributed by atoms with Crippen LogP contribution in [-0.4, -0.2) is 42.1 Å². The van der Waals surface area contributed by atoms with Crippen LogP contribution in [0.5, 0.6) is 0 Å². The summed E-state index contributed by atoms with van der Waals surface area (Å²) >= 11 is 0. The van der Waals surface area contributed by atoms with Gasteiger partial charge in [0.2, 0.25) is 11.8 Å². The summed E-state index contributed by atoms with van der Waals surface area (Å²) in [6, 6.07) is 28.4. The number of esters is 1. The van der Waals surface area contributed by atoms with Crippen LogP contribution in [0, 0.1) is 0 Å². The van der Waals surface area contributed by atoms with Crippen molar-refractivity contribution in [3.63, 3.8) is 0 Å². The zero-order valence-electron chi connectivity index (χ0n) is 27.5. The Hall–Kier alpha value is -4.83. The first-order valence-electron chi connectivity index (χ1n) is 16.2. The number of nitrogens with one attached hydrogen (secondary N) is 2. The van der Waals surface area contributed by atoms with Gasteiger partial charge in [-0.3, -0.25) is 19.6 Å². The van der Waals surface area contributed by atoms with Crippen LogP contribution in [0.15, 0.2) is 90.0 Å². The third kappa shape index (κ3) is 16.9. The second-order valence-electron chi connectivity index (χ2n) is 11.0. The minimum Gasteiger partial charge on any atom is -0.469 e. The number of unbranched alkanes of at least 4 members (excludes halogenated alkanes) is 6. The monoisotopic (exact) mass is 644 g/mol. The number of anilines is 3. The molecule has 3 N–H and O–H groups in total. The van der Waals surface area contributed by atoms with Crippen molar-refractivity contribution in [1.82, 2.24) is 10.9 Å². The smallest absolute Gasteiger partial charge is 0.305 e. The summed E-state index contributed by atoms with van der Waals surface area (Å²) < 4.78 is 4.50. The van der Waals surface area contributed by atoms with E-state index in [1.54, 1.807) is 18.6 Å². The normalized spacial score (nSPS) is 10.4. The second-order valence-corrected chi connectivity index (χ2v) is 11.0. The predicted molar refractivity (Wildman–Crippen MR) is 185 cm³/mol. The van der Waals surface area contributed by atoms with Gasteiger partial charge in [-0.15, -0.1) is 0 Å². The summed E-state index contributed by atoms with van der Waals surface area (Å²) in [5, 5.41) is 12.5. The number of hydrogen-bond donors (Lipinski definition) is 3. The molecular weight excluding hydrogens is 596 g/mol. The molecule has 0 atom stereocenters. The maximum Gasteiger partial charge on any atom is 0.305 e. The molecule has 10 nitrogen and oxygen atoms in total. The minimum absolute atomic E-state index is 0.139. The van der Waals surface area contributed by atoms with Crippen LogP contribution < -0.4 is 15.8 Å². The zero-order valence-corrected chi connectivity index (χ0v) is 27.5. The highest BCUT2D eigenvalue weighted by atomic mass is 16.5. The lowest BCUT2D eigenvalue weighted by Gasteiger charge is -2.25. The Kier molecular flexibility index (Phi) is 19.2. The third-order valence-corrected chi connectivity index (χ3v) is 7.15. The number of rotatable bonds is 19. The molecule has 2 amide bonds. The molecule has 0 saturated heterocycles. The zero-order chi connectivity index (χ0) is 34.1. The molecule has 252 valence electrons. The second kappa shape index (κ2) is 23.5. The lowest BCUT2D eigenvalue weighted by Crippen LogP contribution is -2.18. The van der Waals surface area contributed by atoms with E-state index in [-0.39, 0.29) is 23.6 Å². The SMILES string of the molecule is COC(=O)CCCCCCC(C)=O.O=C(CCCCCCC(=O)N/N=C\c1ccc(N(c2ccccc2)c2ccccc2)cc1)NO. The van der Waals surface area contributed by atoms with Crippen molar-refractivity contribution in [3.05, 3.63) is 90.5 Å². The van der Waals surface area contributed by atoms with Crippen LogP contribution in [0.1, 0.15) is 89.5 Å². The van der Waals surface area contributed by atoms with E-state index in [4.69, 9.17) is 5.21 Å². The molecule has 0 aliphatic heterocycles. The van der Waals surface area contributed by atoms with E-state index in [9.17, 15) is 19.2 Å². The Morgan fingerprint density at radius 2 is 1.13 bits per heavy atom. The highest BCUT2D eigenvalue weighted by Gasteiger charge is 2.11. The van der Waals surface area contributed by atoms with E-state index in [1.807, 2.05) is 60.7 Å². The number of carbonyl (C=O) groups excluding carboxylic acids is 4. The number of ether oxygens (including phenoxy) is 1. The number of hydrogen-bond acceptors (Lipinski definition) is 8. The molecule has 0 bridgehead atoms. The number of benzene rings is 3. The fourth-order valence-corrected chi connectivity index (χ4v) is 4.62. The van der Waals surface area contributed by atoms with Gasteiger partial charge >= 0.3 is 5.97 Å². The summed E-state index contributed by atoms with van der Waals surface area (Å²) in [6.07, 6.45) is 10.4. The first-order valence-corrected chi connectivity index (χ1v) is 16.2.